The summed E-state index contributed by atoms with van der Waals surface area (Å²) in [5.41, 5.74) is 4.35. The van der Waals surface area contributed by atoms with Gasteiger partial charge in [0.2, 0.25) is 10.0 Å². The zero-order valence-corrected chi connectivity index (χ0v) is 18.8. The van der Waals surface area contributed by atoms with Crippen LogP contribution in [0.2, 0.25) is 0 Å². The highest BCUT2D eigenvalue weighted by Crippen LogP contribution is 2.16. The maximum absolute atomic E-state index is 12.7. The summed E-state index contributed by atoms with van der Waals surface area (Å²) in [7, 11) is -3.33. The van der Waals surface area contributed by atoms with Crippen LogP contribution in [0.1, 0.15) is 35.2 Å². The third-order valence-corrected chi connectivity index (χ3v) is 7.68. The lowest BCUT2D eigenvalue weighted by atomic mass is 10.0. The number of benzene rings is 2. The van der Waals surface area contributed by atoms with Crippen molar-refractivity contribution in [1.29, 1.82) is 0 Å². The van der Waals surface area contributed by atoms with Gasteiger partial charge in [-0.05, 0) is 43.0 Å². The molecule has 7 heteroatoms. The quantitative estimate of drug-likeness (QED) is 0.694. The van der Waals surface area contributed by atoms with Crippen LogP contribution in [0.5, 0.6) is 0 Å². The Morgan fingerprint density at radius 1 is 1.07 bits per heavy atom. The molecule has 1 saturated heterocycles. The fourth-order valence-corrected chi connectivity index (χ4v) is 5.31. The van der Waals surface area contributed by atoms with Gasteiger partial charge >= 0.3 is 0 Å². The van der Waals surface area contributed by atoms with Crippen LogP contribution in [0.3, 0.4) is 0 Å². The van der Waals surface area contributed by atoms with E-state index in [1.165, 1.54) is 11.1 Å². The van der Waals surface area contributed by atoms with Crippen LogP contribution in [0.25, 0.3) is 0 Å². The van der Waals surface area contributed by atoms with Gasteiger partial charge in [0.05, 0.1) is 38.0 Å². The van der Waals surface area contributed by atoms with Crippen molar-refractivity contribution < 1.29 is 18.1 Å². The summed E-state index contributed by atoms with van der Waals surface area (Å²) in [5.74, 6) is 0.0215. The summed E-state index contributed by atoms with van der Waals surface area (Å²) < 4.78 is 26.9. The van der Waals surface area contributed by atoms with Crippen LogP contribution in [-0.4, -0.2) is 51.4 Å². The van der Waals surface area contributed by atoms with Gasteiger partial charge in [-0.2, -0.15) is 4.31 Å². The zero-order chi connectivity index (χ0) is 21.7. The van der Waals surface area contributed by atoms with E-state index in [9.17, 15) is 13.2 Å². The molecule has 0 aliphatic carbocycles. The number of hydrogen-bond acceptors (Lipinski definition) is 3. The Balaban J connectivity index is 1.48. The van der Waals surface area contributed by atoms with Gasteiger partial charge in [0.1, 0.15) is 0 Å². The van der Waals surface area contributed by atoms with Gasteiger partial charge in [-0.25, -0.2) is 8.42 Å². The molecule has 0 aromatic heterocycles. The SMILES string of the molecule is Cc1ccc([C@H](C)NC(=O)C[NH+]2CCN(S(=O)(=O)Cc3ccccc3)CC2)cc1C. The number of nitrogens with zero attached hydrogens (tertiary/aromatic N) is 1. The first-order chi connectivity index (χ1) is 14.2. The highest BCUT2D eigenvalue weighted by atomic mass is 32.2. The minimum Gasteiger partial charge on any atom is -0.345 e. The summed E-state index contributed by atoms with van der Waals surface area (Å²) in [6.45, 7) is 8.68. The van der Waals surface area contributed by atoms with E-state index >= 15 is 0 Å². The Hall–Kier alpha value is -2.22. The predicted octanol–water partition coefficient (Wildman–Crippen LogP) is 1.21. The summed E-state index contributed by atoms with van der Waals surface area (Å²) >= 11 is 0. The maximum atomic E-state index is 12.7. The molecular formula is C23H32N3O3S+. The molecule has 0 unspecified atom stereocenters. The van der Waals surface area contributed by atoms with Crippen molar-refractivity contribution in [2.24, 2.45) is 0 Å². The second kappa shape index (κ2) is 9.73. The molecule has 0 spiro atoms. The topological polar surface area (TPSA) is 70.9 Å². The van der Waals surface area contributed by atoms with Gasteiger partial charge in [-0.15, -0.1) is 0 Å². The Kier molecular flexibility index (Phi) is 7.28. The van der Waals surface area contributed by atoms with Crippen molar-refractivity contribution in [3.63, 3.8) is 0 Å². The summed E-state index contributed by atoms with van der Waals surface area (Å²) in [4.78, 5) is 13.6. The van der Waals surface area contributed by atoms with E-state index in [0.717, 1.165) is 16.0 Å². The first-order valence-corrected chi connectivity index (χ1v) is 12.1. The molecule has 2 N–H and O–H groups in total. The number of piperazine rings is 1. The molecule has 2 aromatic carbocycles. The first-order valence-electron chi connectivity index (χ1n) is 10.5. The van der Waals surface area contributed by atoms with Gasteiger partial charge in [-0.1, -0.05) is 48.5 Å². The predicted molar refractivity (Wildman–Crippen MR) is 119 cm³/mol. The number of aryl methyl sites for hydroxylation is 2. The van der Waals surface area contributed by atoms with Gasteiger partial charge in [0.15, 0.2) is 6.54 Å². The lowest BCUT2D eigenvalue weighted by molar-refractivity contribution is -0.895. The van der Waals surface area contributed by atoms with Gasteiger partial charge in [0.25, 0.3) is 5.91 Å². The van der Waals surface area contributed by atoms with Crippen LogP contribution in [-0.2, 0) is 20.6 Å². The van der Waals surface area contributed by atoms with E-state index in [4.69, 9.17) is 0 Å². The summed E-state index contributed by atoms with van der Waals surface area (Å²) in [6, 6.07) is 15.4. The highest BCUT2D eigenvalue weighted by molar-refractivity contribution is 7.88. The molecule has 1 fully saturated rings. The van der Waals surface area contributed by atoms with Gasteiger partial charge < -0.3 is 10.2 Å². The van der Waals surface area contributed by atoms with E-state index < -0.39 is 10.0 Å². The fraction of sp³-hybridized carbons (Fsp3) is 0.435. The molecular weight excluding hydrogens is 398 g/mol. The molecule has 0 bridgehead atoms. The van der Waals surface area contributed by atoms with E-state index in [0.29, 0.717) is 32.7 Å². The maximum Gasteiger partial charge on any atom is 0.275 e. The molecule has 0 saturated carbocycles. The molecule has 2 aromatic rings. The van der Waals surface area contributed by atoms with Crippen LogP contribution >= 0.6 is 0 Å². The Morgan fingerprint density at radius 2 is 1.73 bits per heavy atom. The monoisotopic (exact) mass is 430 g/mol. The number of sulfonamides is 1. The Bertz CT molecular complexity index is 968. The first kappa shape index (κ1) is 22.5. The van der Waals surface area contributed by atoms with Crippen molar-refractivity contribution in [1.82, 2.24) is 9.62 Å². The Morgan fingerprint density at radius 3 is 2.37 bits per heavy atom. The number of nitrogens with one attached hydrogen (secondary N) is 2. The van der Waals surface area contributed by atoms with E-state index in [2.05, 4.69) is 37.4 Å². The normalized spacial score (nSPS) is 16.9. The average Bonchev–Trinajstić information content (AvgIpc) is 2.70. The molecule has 1 aliphatic heterocycles. The Labute approximate surface area is 179 Å². The van der Waals surface area contributed by atoms with Crippen molar-refractivity contribution in [2.75, 3.05) is 32.7 Å². The summed E-state index contributed by atoms with van der Waals surface area (Å²) in [6.07, 6.45) is 0. The highest BCUT2D eigenvalue weighted by Gasteiger charge is 2.30. The van der Waals surface area contributed by atoms with Crippen molar-refractivity contribution in [3.05, 3.63) is 70.8 Å². The number of rotatable bonds is 7. The zero-order valence-electron chi connectivity index (χ0n) is 18.0. The minimum atomic E-state index is -3.33. The van der Waals surface area contributed by atoms with Crippen LogP contribution in [0.15, 0.2) is 48.5 Å². The van der Waals surface area contributed by atoms with Gasteiger partial charge in [0, 0.05) is 0 Å². The van der Waals surface area contributed by atoms with Crippen molar-refractivity contribution >= 4 is 15.9 Å². The molecule has 1 heterocycles. The second-order valence-corrected chi connectivity index (χ2v) is 10.2. The molecule has 30 heavy (non-hydrogen) atoms. The molecule has 1 atom stereocenters. The number of amides is 1. The number of carbonyl (C=O) groups excluding carboxylic acids is 1. The average molecular weight is 431 g/mol. The molecule has 3 rings (SSSR count). The summed E-state index contributed by atoms with van der Waals surface area (Å²) in [5, 5.41) is 3.07. The van der Waals surface area contributed by atoms with Crippen LogP contribution in [0.4, 0.5) is 0 Å². The lowest BCUT2D eigenvalue weighted by Crippen LogP contribution is -3.15. The number of carbonyl (C=O) groups is 1. The molecule has 162 valence electrons. The van der Waals surface area contributed by atoms with E-state index in [1.807, 2.05) is 37.3 Å². The minimum absolute atomic E-state index is 0.00341. The van der Waals surface area contributed by atoms with Crippen molar-refractivity contribution in [2.45, 2.75) is 32.6 Å². The van der Waals surface area contributed by atoms with E-state index in [1.54, 1.807) is 4.31 Å². The largest absolute Gasteiger partial charge is 0.345 e. The molecule has 6 nitrogen and oxygen atoms in total. The molecule has 1 amide bonds. The molecule has 1 aliphatic rings. The third kappa shape index (κ3) is 5.90. The molecule has 0 radical (unpaired) electrons. The standard InChI is InChI=1S/C23H31N3O3S/c1-18-9-10-22(15-19(18)2)20(3)24-23(27)16-25-11-13-26(14-12-25)30(28,29)17-21-7-5-4-6-8-21/h4-10,15,20H,11-14,16-17H2,1-3H3,(H,24,27)/p+1/t20-/m0/s1. The lowest BCUT2D eigenvalue weighted by Gasteiger charge is -2.31. The fourth-order valence-electron chi connectivity index (χ4n) is 3.77. The third-order valence-electron chi connectivity index (χ3n) is 5.83. The second-order valence-electron chi connectivity index (χ2n) is 8.20. The van der Waals surface area contributed by atoms with E-state index in [-0.39, 0.29) is 17.7 Å². The number of quaternary nitrogens is 1. The van der Waals surface area contributed by atoms with Crippen molar-refractivity contribution in [3.8, 4) is 0 Å². The number of hydrogen-bond donors (Lipinski definition) is 2. The van der Waals surface area contributed by atoms with Crippen LogP contribution in [0, 0.1) is 13.8 Å². The smallest absolute Gasteiger partial charge is 0.275 e. The van der Waals surface area contributed by atoms with Gasteiger partial charge in [-0.3, -0.25) is 4.79 Å². The van der Waals surface area contributed by atoms with Crippen LogP contribution < -0.4 is 10.2 Å².